The summed E-state index contributed by atoms with van der Waals surface area (Å²) in [7, 11) is 0. The third kappa shape index (κ3) is 10.6. The Kier molecular flexibility index (Phi) is 14.9. The van der Waals surface area contributed by atoms with E-state index in [0.29, 0.717) is 35.2 Å². The first-order chi connectivity index (χ1) is 51.2. The van der Waals surface area contributed by atoms with Gasteiger partial charge in [0.2, 0.25) is 11.9 Å². The van der Waals surface area contributed by atoms with Crippen LogP contribution in [0.25, 0.3) is 178 Å². The third-order valence-corrected chi connectivity index (χ3v) is 20.4. The van der Waals surface area contributed by atoms with Gasteiger partial charge in [0, 0.05) is 76.7 Å². The van der Waals surface area contributed by atoms with Crippen molar-refractivity contribution >= 4 is 87.2 Å². The number of para-hydroxylation sites is 6. The molecule has 14 aromatic carbocycles. The van der Waals surface area contributed by atoms with Gasteiger partial charge in [-0.15, -0.1) is 0 Å². The van der Waals surface area contributed by atoms with Crippen LogP contribution in [0.15, 0.2) is 328 Å². The molecule has 0 saturated heterocycles. The van der Waals surface area contributed by atoms with Crippen LogP contribution in [0.4, 0.5) is 0 Å². The molecule has 0 saturated carbocycles. The topological polar surface area (TPSA) is 97.1 Å². The Labute approximate surface area is 600 Å². The van der Waals surface area contributed by atoms with Crippen molar-refractivity contribution in [2.75, 3.05) is 0 Å². The van der Waals surface area contributed by atoms with Crippen molar-refractivity contribution < 1.29 is 0 Å². The van der Waals surface area contributed by atoms with Crippen LogP contribution in [0.3, 0.4) is 0 Å². The number of rotatable bonds is 10. The maximum absolute atomic E-state index is 5.17. The van der Waals surface area contributed by atoms with Gasteiger partial charge in [-0.25, -0.2) is 9.97 Å². The first kappa shape index (κ1) is 61.4. The molecule has 6 heterocycles. The summed E-state index contributed by atoms with van der Waals surface area (Å²) in [6.07, 6.45) is 0. The van der Waals surface area contributed by atoms with E-state index in [0.717, 1.165) is 99.5 Å². The molecule has 0 amide bonds. The van der Waals surface area contributed by atoms with E-state index < -0.39 is 0 Å². The highest BCUT2D eigenvalue weighted by atomic mass is 15.2. The summed E-state index contributed by atoms with van der Waals surface area (Å²) in [5.41, 5.74) is 24.5. The Morgan fingerprint density at radius 3 is 0.798 bits per heavy atom. The van der Waals surface area contributed by atoms with Crippen molar-refractivity contribution in [3.05, 3.63) is 350 Å². The number of hydrogen-bond donors (Lipinski definition) is 0. The summed E-state index contributed by atoms with van der Waals surface area (Å²) in [6, 6.07) is 116. The van der Waals surface area contributed by atoms with Gasteiger partial charge in [-0.1, -0.05) is 242 Å². The van der Waals surface area contributed by atoms with Gasteiger partial charge in [0.15, 0.2) is 23.3 Å². The first-order valence-electron chi connectivity index (χ1n) is 35.2. The predicted octanol–water partition coefficient (Wildman–Crippen LogP) is 23.4. The zero-order valence-electron chi connectivity index (χ0n) is 57.6. The molecule has 104 heavy (non-hydrogen) atoms. The summed E-state index contributed by atoms with van der Waals surface area (Å²) in [4.78, 5) is 30.6. The molecule has 0 spiro atoms. The molecule has 492 valence electrons. The summed E-state index contributed by atoms with van der Waals surface area (Å²) >= 11 is 0. The Morgan fingerprint density at radius 2 is 0.452 bits per heavy atom. The number of nitrogens with zero attached hydrogens (tertiary/aromatic N) is 10. The van der Waals surface area contributed by atoms with Crippen LogP contribution in [-0.2, 0) is 0 Å². The lowest BCUT2D eigenvalue weighted by Gasteiger charge is -2.13. The van der Waals surface area contributed by atoms with E-state index in [1.807, 2.05) is 24.3 Å². The van der Waals surface area contributed by atoms with Crippen molar-refractivity contribution in [3.63, 3.8) is 0 Å². The summed E-state index contributed by atoms with van der Waals surface area (Å²) in [5, 5.41) is 9.54. The van der Waals surface area contributed by atoms with Gasteiger partial charge in [0.25, 0.3) is 0 Å². The largest absolute Gasteiger partial charge is 0.309 e. The summed E-state index contributed by atoms with van der Waals surface area (Å²) < 4.78 is 9.09. The molecule has 0 aliphatic carbocycles. The van der Waals surface area contributed by atoms with E-state index in [1.165, 1.54) is 65.9 Å². The van der Waals surface area contributed by atoms with Crippen LogP contribution < -0.4 is 0 Å². The zero-order chi connectivity index (χ0) is 69.5. The number of hydrogen-bond acceptors (Lipinski definition) is 6. The number of fused-ring (bicyclic) bond motifs is 12. The molecular formula is C94H66N10. The second kappa shape index (κ2) is 25.2. The average Bonchev–Trinajstić information content (AvgIpc) is 1.59. The number of aromatic nitrogens is 10. The van der Waals surface area contributed by atoms with Crippen LogP contribution >= 0.6 is 0 Å². The molecule has 20 aromatic rings. The first-order valence-corrected chi connectivity index (χ1v) is 35.2. The van der Waals surface area contributed by atoms with Crippen molar-refractivity contribution in [3.8, 4) is 91.1 Å². The fourth-order valence-electron chi connectivity index (χ4n) is 15.2. The van der Waals surface area contributed by atoms with Gasteiger partial charge in [0.1, 0.15) is 0 Å². The molecule has 0 unspecified atom stereocenters. The van der Waals surface area contributed by atoms with E-state index in [1.54, 1.807) is 0 Å². The highest BCUT2D eigenvalue weighted by Gasteiger charge is 2.23. The third-order valence-electron chi connectivity index (χ3n) is 20.4. The van der Waals surface area contributed by atoms with Crippen LogP contribution in [0.2, 0.25) is 0 Å². The number of benzene rings is 14. The Balaban J connectivity index is 0.000000143. The minimum absolute atomic E-state index is 0.593. The van der Waals surface area contributed by atoms with Gasteiger partial charge in [-0.05, 0) is 158 Å². The highest BCUT2D eigenvalue weighted by Crippen LogP contribution is 2.42. The average molecular weight is 1340 g/mol. The van der Waals surface area contributed by atoms with Gasteiger partial charge in [0.05, 0.1) is 44.1 Å². The van der Waals surface area contributed by atoms with Gasteiger partial charge in [-0.2, -0.15) is 19.9 Å². The standard InChI is InChI=1S/2C47H33N5/c1-30-14-6-8-18-35(30)45-48-46(36-19-9-7-15-31(36)2)50-47(49-45)52-42-23-13-11-21-38(42)40-29-33(25-27-44(40)52)32-24-26-43-39(28-32)37-20-10-12-22-41(37)51(43)34-16-4-3-5-17-34;1-30-16-20-32(21-17-30)45-48-46(33-22-18-31(2)19-23-33)50-47(49-45)52-42-15-9-7-13-38(42)40-29-35(25-27-44(40)52)34-24-26-43-39(28-34)37-12-6-8-14-41(37)51(43)36-10-4-3-5-11-36/h2*3-29H,1-2H3. The maximum atomic E-state index is 5.17. The Bertz CT molecular complexity index is 6630. The smallest absolute Gasteiger partial charge is 0.238 e. The molecule has 10 nitrogen and oxygen atoms in total. The minimum Gasteiger partial charge on any atom is -0.309 e. The van der Waals surface area contributed by atoms with Crippen molar-refractivity contribution in [1.29, 1.82) is 0 Å². The van der Waals surface area contributed by atoms with E-state index >= 15 is 0 Å². The van der Waals surface area contributed by atoms with Crippen LogP contribution in [0.1, 0.15) is 22.3 Å². The monoisotopic (exact) mass is 1330 g/mol. The minimum atomic E-state index is 0.593. The molecule has 20 rings (SSSR count). The second-order valence-corrected chi connectivity index (χ2v) is 26.9. The van der Waals surface area contributed by atoms with Crippen molar-refractivity contribution in [1.82, 2.24) is 48.2 Å². The van der Waals surface area contributed by atoms with Gasteiger partial charge < -0.3 is 9.13 Å². The molecule has 0 radical (unpaired) electrons. The fraction of sp³-hybridized carbons (Fsp3) is 0.0426. The lowest BCUT2D eigenvalue weighted by Crippen LogP contribution is -2.07. The molecule has 0 fully saturated rings. The lowest BCUT2D eigenvalue weighted by molar-refractivity contribution is 0.951. The molecule has 0 aliphatic heterocycles. The van der Waals surface area contributed by atoms with E-state index in [2.05, 4.69) is 349 Å². The molecule has 10 heteroatoms. The predicted molar refractivity (Wildman–Crippen MR) is 429 cm³/mol. The molecule has 0 atom stereocenters. The van der Waals surface area contributed by atoms with E-state index in [-0.39, 0.29) is 0 Å². The van der Waals surface area contributed by atoms with Gasteiger partial charge >= 0.3 is 0 Å². The van der Waals surface area contributed by atoms with E-state index in [9.17, 15) is 0 Å². The SMILES string of the molecule is Cc1ccc(-c2nc(-c3ccc(C)cc3)nc(-n3c4ccccc4c4cc(-c5ccc6c(c5)c5ccccc5n6-c5ccccc5)ccc43)n2)cc1.Cc1ccccc1-c1nc(-c2ccccc2C)nc(-n2c3ccccc3c3cc(-c4ccc5c(c4)c4ccccc4n5-c4ccccc4)ccc32)n1. The van der Waals surface area contributed by atoms with Crippen LogP contribution in [0.5, 0.6) is 0 Å². The normalized spacial score (nSPS) is 11.7. The second-order valence-electron chi connectivity index (χ2n) is 26.9. The van der Waals surface area contributed by atoms with Crippen molar-refractivity contribution in [2.24, 2.45) is 0 Å². The van der Waals surface area contributed by atoms with Gasteiger partial charge in [-0.3, -0.25) is 9.13 Å². The maximum Gasteiger partial charge on any atom is 0.238 e. The Morgan fingerprint density at radius 1 is 0.192 bits per heavy atom. The molecule has 0 N–H and O–H groups in total. The summed E-state index contributed by atoms with van der Waals surface area (Å²) in [5.74, 6) is 3.80. The molecule has 0 bridgehead atoms. The number of aryl methyl sites for hydroxylation is 4. The van der Waals surface area contributed by atoms with E-state index in [4.69, 9.17) is 29.9 Å². The zero-order valence-corrected chi connectivity index (χ0v) is 57.6. The van der Waals surface area contributed by atoms with Crippen LogP contribution in [-0.4, -0.2) is 48.2 Å². The van der Waals surface area contributed by atoms with Crippen molar-refractivity contribution in [2.45, 2.75) is 27.7 Å². The highest BCUT2D eigenvalue weighted by molar-refractivity contribution is 6.15. The molecule has 0 aliphatic rings. The summed E-state index contributed by atoms with van der Waals surface area (Å²) in [6.45, 7) is 8.39. The quantitative estimate of drug-likeness (QED) is 0.135. The molecular weight excluding hydrogens is 1270 g/mol. The van der Waals surface area contributed by atoms with Crippen LogP contribution in [0, 0.1) is 27.7 Å². The fourth-order valence-corrected chi connectivity index (χ4v) is 15.2. The Hall–Kier alpha value is -13.7. The molecule has 6 aromatic heterocycles. The lowest BCUT2D eigenvalue weighted by atomic mass is 10.0.